The van der Waals surface area contributed by atoms with Crippen LogP contribution >= 0.6 is 0 Å². The summed E-state index contributed by atoms with van der Waals surface area (Å²) in [6.07, 6.45) is 0.819. The Bertz CT molecular complexity index is 672. The average molecular weight is 334 g/mol. The number of imide groups is 1. The van der Waals surface area contributed by atoms with E-state index in [0.29, 0.717) is 12.1 Å². The van der Waals surface area contributed by atoms with Crippen LogP contribution in [0.4, 0.5) is 9.18 Å². The number of nitrogens with one attached hydrogen (secondary N) is 3. The van der Waals surface area contributed by atoms with Crippen molar-refractivity contribution in [1.82, 2.24) is 20.9 Å². The number of hydrogen-bond donors (Lipinski definition) is 3. The van der Waals surface area contributed by atoms with Crippen LogP contribution in [0.2, 0.25) is 0 Å². The van der Waals surface area contributed by atoms with E-state index in [1.165, 1.54) is 24.3 Å². The Morgan fingerprint density at radius 3 is 2.71 bits per heavy atom. The molecule has 0 radical (unpaired) electrons. The number of urea groups is 1. The lowest BCUT2D eigenvalue weighted by atomic mass is 9.92. The van der Waals surface area contributed by atoms with Gasteiger partial charge >= 0.3 is 6.03 Å². The van der Waals surface area contributed by atoms with Crippen LogP contribution in [0.25, 0.3) is 0 Å². The lowest BCUT2D eigenvalue weighted by Gasteiger charge is -2.22. The third-order valence-corrected chi connectivity index (χ3v) is 4.42. The molecule has 2 heterocycles. The molecular weight excluding hydrogens is 315 g/mol. The van der Waals surface area contributed by atoms with Gasteiger partial charge in [0.25, 0.3) is 5.91 Å². The summed E-state index contributed by atoms with van der Waals surface area (Å²) in [5, 5.41) is 8.51. The monoisotopic (exact) mass is 334 g/mol. The predicted octanol–water partition coefficient (Wildman–Crippen LogP) is 0.0708. The maximum absolute atomic E-state index is 13.1. The van der Waals surface area contributed by atoms with Crippen molar-refractivity contribution in [2.24, 2.45) is 0 Å². The van der Waals surface area contributed by atoms with Crippen molar-refractivity contribution in [1.29, 1.82) is 0 Å². The number of amides is 4. The molecule has 3 rings (SSSR count). The summed E-state index contributed by atoms with van der Waals surface area (Å²) in [4.78, 5) is 37.8. The van der Waals surface area contributed by atoms with E-state index in [9.17, 15) is 18.8 Å². The van der Waals surface area contributed by atoms with Gasteiger partial charge in [0.15, 0.2) is 0 Å². The Hall–Kier alpha value is -2.48. The molecule has 4 amide bonds. The second kappa shape index (κ2) is 6.20. The van der Waals surface area contributed by atoms with E-state index in [1.807, 2.05) is 0 Å². The van der Waals surface area contributed by atoms with Crippen LogP contribution < -0.4 is 16.0 Å². The normalized spacial score (nSPS) is 26.6. The number of carbonyl (C=O) groups is 3. The molecule has 0 unspecified atom stereocenters. The minimum Gasteiger partial charge on any atom is -0.350 e. The van der Waals surface area contributed by atoms with Crippen molar-refractivity contribution in [3.63, 3.8) is 0 Å². The molecule has 8 heteroatoms. The fourth-order valence-electron chi connectivity index (χ4n) is 3.01. The molecule has 0 saturated carbocycles. The second-order valence-corrected chi connectivity index (χ2v) is 6.21. The molecule has 0 spiro atoms. The molecule has 1 aromatic rings. The van der Waals surface area contributed by atoms with Gasteiger partial charge in [0.05, 0.1) is 0 Å². The van der Waals surface area contributed by atoms with Gasteiger partial charge < -0.3 is 16.0 Å². The number of hydrogen-bond acceptors (Lipinski definition) is 4. The number of rotatable bonds is 4. The molecule has 128 valence electrons. The molecule has 2 aliphatic heterocycles. The van der Waals surface area contributed by atoms with Gasteiger partial charge in [-0.1, -0.05) is 12.1 Å². The molecule has 1 aromatic carbocycles. The topological polar surface area (TPSA) is 90.5 Å². The Morgan fingerprint density at radius 1 is 1.38 bits per heavy atom. The zero-order valence-electron chi connectivity index (χ0n) is 13.3. The summed E-state index contributed by atoms with van der Waals surface area (Å²) in [6, 6.07) is 4.72. The minimum atomic E-state index is -1.31. The highest BCUT2D eigenvalue weighted by atomic mass is 19.1. The van der Waals surface area contributed by atoms with Gasteiger partial charge in [-0.2, -0.15) is 0 Å². The van der Waals surface area contributed by atoms with Crippen molar-refractivity contribution < 1.29 is 18.8 Å². The number of halogens is 1. The van der Waals surface area contributed by atoms with Crippen molar-refractivity contribution in [2.45, 2.75) is 24.9 Å². The highest BCUT2D eigenvalue weighted by Crippen LogP contribution is 2.28. The largest absolute Gasteiger partial charge is 0.350 e. The van der Waals surface area contributed by atoms with Crippen molar-refractivity contribution in [2.75, 3.05) is 19.6 Å². The SMILES string of the molecule is C[C@@]1(c2ccc(F)cc2)NC(=O)N(CC(=O)N[C@H]2CCNC2)C1=O. The Kier molecular flexibility index (Phi) is 4.23. The Balaban J connectivity index is 1.71. The van der Waals surface area contributed by atoms with Crippen molar-refractivity contribution in [3.8, 4) is 0 Å². The zero-order valence-corrected chi connectivity index (χ0v) is 13.3. The van der Waals surface area contributed by atoms with E-state index in [4.69, 9.17) is 0 Å². The molecule has 2 atom stereocenters. The summed E-state index contributed by atoms with van der Waals surface area (Å²) >= 11 is 0. The molecule has 7 nitrogen and oxygen atoms in total. The summed E-state index contributed by atoms with van der Waals surface area (Å²) in [7, 11) is 0. The number of nitrogens with zero attached hydrogens (tertiary/aromatic N) is 1. The van der Waals surface area contributed by atoms with E-state index in [1.54, 1.807) is 6.92 Å². The number of benzene rings is 1. The molecule has 0 aliphatic carbocycles. The van der Waals surface area contributed by atoms with Gasteiger partial charge in [0, 0.05) is 12.6 Å². The van der Waals surface area contributed by atoms with Crippen LogP contribution in [0.15, 0.2) is 24.3 Å². The van der Waals surface area contributed by atoms with E-state index in [0.717, 1.165) is 17.9 Å². The highest BCUT2D eigenvalue weighted by molar-refractivity contribution is 6.09. The first kappa shape index (κ1) is 16.4. The first-order valence-corrected chi connectivity index (χ1v) is 7.80. The smallest absolute Gasteiger partial charge is 0.325 e. The lowest BCUT2D eigenvalue weighted by Crippen LogP contribution is -2.46. The number of carbonyl (C=O) groups excluding carboxylic acids is 3. The van der Waals surface area contributed by atoms with Crippen LogP contribution in [0.3, 0.4) is 0 Å². The van der Waals surface area contributed by atoms with E-state index >= 15 is 0 Å². The summed E-state index contributed by atoms with van der Waals surface area (Å²) in [5.41, 5.74) is -0.842. The van der Waals surface area contributed by atoms with Gasteiger partial charge in [0.2, 0.25) is 5.91 Å². The Morgan fingerprint density at radius 2 is 2.08 bits per heavy atom. The average Bonchev–Trinajstić information content (AvgIpc) is 3.11. The van der Waals surface area contributed by atoms with Crippen LogP contribution in [0.5, 0.6) is 0 Å². The van der Waals surface area contributed by atoms with Crippen molar-refractivity contribution >= 4 is 17.8 Å². The van der Waals surface area contributed by atoms with Crippen LogP contribution in [-0.4, -0.2) is 48.4 Å². The molecule has 2 saturated heterocycles. The lowest BCUT2D eigenvalue weighted by molar-refractivity contribution is -0.135. The fourth-order valence-corrected chi connectivity index (χ4v) is 3.01. The zero-order chi connectivity index (χ0) is 17.3. The quantitative estimate of drug-likeness (QED) is 0.680. The maximum Gasteiger partial charge on any atom is 0.325 e. The van der Waals surface area contributed by atoms with Crippen molar-refractivity contribution in [3.05, 3.63) is 35.6 Å². The molecule has 3 N–H and O–H groups in total. The summed E-state index contributed by atoms with van der Waals surface area (Å²) in [5.74, 6) is -1.34. The first-order valence-electron chi connectivity index (χ1n) is 7.80. The third-order valence-electron chi connectivity index (χ3n) is 4.42. The van der Waals surface area contributed by atoms with Gasteiger partial charge in [0.1, 0.15) is 17.9 Å². The third kappa shape index (κ3) is 2.96. The molecular formula is C16H19FN4O3. The maximum atomic E-state index is 13.1. The fraction of sp³-hybridized carbons (Fsp3) is 0.438. The molecule has 0 bridgehead atoms. The standard InChI is InChI=1S/C16H19FN4O3/c1-16(10-2-4-11(17)5-3-10)14(23)21(15(24)20-16)9-13(22)19-12-6-7-18-8-12/h2-5,12,18H,6-9H2,1H3,(H,19,22)(H,20,24)/t12-,16-/m0/s1. The van der Waals surface area contributed by atoms with E-state index in [-0.39, 0.29) is 18.5 Å². The van der Waals surface area contributed by atoms with E-state index < -0.39 is 23.3 Å². The van der Waals surface area contributed by atoms with Crippen LogP contribution in [-0.2, 0) is 15.1 Å². The molecule has 2 aliphatic rings. The van der Waals surface area contributed by atoms with Gasteiger partial charge in [-0.05, 0) is 37.6 Å². The van der Waals surface area contributed by atoms with Crippen LogP contribution in [0.1, 0.15) is 18.9 Å². The van der Waals surface area contributed by atoms with Gasteiger partial charge in [-0.3, -0.25) is 14.5 Å². The summed E-state index contributed by atoms with van der Waals surface area (Å²) in [6.45, 7) is 2.72. The molecule has 2 fully saturated rings. The van der Waals surface area contributed by atoms with Gasteiger partial charge in [-0.15, -0.1) is 0 Å². The highest BCUT2D eigenvalue weighted by Gasteiger charge is 2.49. The minimum absolute atomic E-state index is 0.0155. The second-order valence-electron chi connectivity index (χ2n) is 6.21. The van der Waals surface area contributed by atoms with E-state index in [2.05, 4.69) is 16.0 Å². The summed E-state index contributed by atoms with van der Waals surface area (Å²) < 4.78 is 13.1. The molecule has 24 heavy (non-hydrogen) atoms. The predicted molar refractivity (Wildman–Crippen MR) is 83.4 cm³/mol. The first-order chi connectivity index (χ1) is 11.4. The van der Waals surface area contributed by atoms with Gasteiger partial charge in [-0.25, -0.2) is 9.18 Å². The molecule has 0 aromatic heterocycles. The van der Waals surface area contributed by atoms with Crippen LogP contribution in [0, 0.1) is 5.82 Å². The Labute approximate surface area is 138 Å².